The zero-order chi connectivity index (χ0) is 16.5. The summed E-state index contributed by atoms with van der Waals surface area (Å²) in [5, 5.41) is 3.46. The molecule has 0 saturated carbocycles. The van der Waals surface area contributed by atoms with Crippen molar-refractivity contribution < 1.29 is 0 Å². The van der Waals surface area contributed by atoms with Crippen molar-refractivity contribution in [2.24, 2.45) is 7.05 Å². The van der Waals surface area contributed by atoms with Gasteiger partial charge in [0.25, 0.3) is 0 Å². The van der Waals surface area contributed by atoms with Crippen LogP contribution in [0.2, 0.25) is 0 Å². The van der Waals surface area contributed by atoms with Crippen molar-refractivity contribution in [2.45, 2.75) is 13.0 Å². The van der Waals surface area contributed by atoms with Crippen LogP contribution in [-0.2, 0) is 7.05 Å². The molecular weight excluding hydrogens is 296 g/mol. The molecule has 3 aromatic rings. The maximum atomic E-state index is 5.01. The van der Waals surface area contributed by atoms with Crippen LogP contribution >= 0.6 is 0 Å². The first-order valence-corrected chi connectivity index (χ1v) is 8.67. The highest BCUT2D eigenvalue weighted by Crippen LogP contribution is 2.32. The van der Waals surface area contributed by atoms with E-state index in [-0.39, 0.29) is 6.04 Å². The number of nitrogens with one attached hydrogen (secondary N) is 1. The van der Waals surface area contributed by atoms with Gasteiger partial charge in [-0.25, -0.2) is 4.98 Å². The van der Waals surface area contributed by atoms with E-state index >= 15 is 0 Å². The van der Waals surface area contributed by atoms with Gasteiger partial charge in [-0.1, -0.05) is 36.4 Å². The number of piperazine rings is 1. The van der Waals surface area contributed by atoms with Crippen LogP contribution in [0.25, 0.3) is 11.0 Å². The van der Waals surface area contributed by atoms with Gasteiger partial charge in [-0.3, -0.25) is 4.90 Å². The van der Waals surface area contributed by atoms with Crippen LogP contribution in [0.5, 0.6) is 0 Å². The van der Waals surface area contributed by atoms with Crippen LogP contribution in [0.4, 0.5) is 0 Å². The smallest absolute Gasteiger partial charge is 0.131 e. The third-order valence-corrected chi connectivity index (χ3v) is 5.07. The fourth-order valence-electron chi connectivity index (χ4n) is 3.74. The lowest BCUT2D eigenvalue weighted by atomic mass is 9.98. The Balaban J connectivity index is 1.88. The monoisotopic (exact) mass is 320 g/mol. The second kappa shape index (κ2) is 6.38. The maximum absolute atomic E-state index is 5.01. The van der Waals surface area contributed by atoms with Crippen LogP contribution in [0.1, 0.15) is 23.0 Å². The van der Waals surface area contributed by atoms with Crippen molar-refractivity contribution >= 4 is 11.0 Å². The van der Waals surface area contributed by atoms with Gasteiger partial charge < -0.3 is 9.88 Å². The lowest BCUT2D eigenvalue weighted by Crippen LogP contribution is -2.46. The minimum Gasteiger partial charge on any atom is -0.329 e. The molecule has 1 aliphatic heterocycles. The predicted molar refractivity (Wildman–Crippen MR) is 98.2 cm³/mol. The molecule has 1 atom stereocenters. The second-order valence-corrected chi connectivity index (χ2v) is 6.56. The molecule has 1 aromatic heterocycles. The zero-order valence-electron chi connectivity index (χ0n) is 14.4. The van der Waals surface area contributed by atoms with Crippen molar-refractivity contribution in [3.05, 3.63) is 65.5 Å². The van der Waals surface area contributed by atoms with E-state index < -0.39 is 0 Å². The Hall–Kier alpha value is -2.17. The summed E-state index contributed by atoms with van der Waals surface area (Å²) in [6.45, 7) is 6.36. The molecule has 1 N–H and O–H groups in total. The number of aryl methyl sites for hydroxylation is 2. The summed E-state index contributed by atoms with van der Waals surface area (Å²) in [6, 6.07) is 17.3. The lowest BCUT2D eigenvalue weighted by Gasteiger charge is -2.35. The summed E-state index contributed by atoms with van der Waals surface area (Å²) in [5.41, 5.74) is 4.95. The predicted octanol–water partition coefficient (Wildman–Crippen LogP) is 2.88. The third kappa shape index (κ3) is 2.62. The van der Waals surface area contributed by atoms with Crippen LogP contribution in [0, 0.1) is 6.92 Å². The number of nitrogens with zero attached hydrogens (tertiary/aromatic N) is 3. The van der Waals surface area contributed by atoms with Gasteiger partial charge in [-0.15, -0.1) is 0 Å². The standard InChI is InChI=1S/C20H24N4/c1-15-7-3-4-8-16(15)19(24-13-11-21-12-14-24)20-22-17-9-5-6-10-18(17)23(20)2/h3-10,19,21H,11-14H2,1-2H3. The molecule has 4 nitrogen and oxygen atoms in total. The van der Waals surface area contributed by atoms with E-state index in [2.05, 4.69) is 77.3 Å². The Labute approximate surface area is 143 Å². The Morgan fingerprint density at radius 2 is 1.71 bits per heavy atom. The number of benzene rings is 2. The number of imidazole rings is 1. The normalized spacial score (nSPS) is 17.2. The third-order valence-electron chi connectivity index (χ3n) is 5.07. The molecule has 0 bridgehead atoms. The molecule has 24 heavy (non-hydrogen) atoms. The van der Waals surface area contributed by atoms with E-state index in [0.717, 1.165) is 37.5 Å². The largest absolute Gasteiger partial charge is 0.329 e. The number of hydrogen-bond donors (Lipinski definition) is 1. The molecule has 0 aliphatic carbocycles. The van der Waals surface area contributed by atoms with Crippen molar-refractivity contribution in [2.75, 3.05) is 26.2 Å². The molecule has 1 aliphatic rings. The van der Waals surface area contributed by atoms with Crippen molar-refractivity contribution in [3.8, 4) is 0 Å². The molecule has 124 valence electrons. The highest BCUT2D eigenvalue weighted by Gasteiger charge is 2.28. The fraction of sp³-hybridized carbons (Fsp3) is 0.350. The fourth-order valence-corrected chi connectivity index (χ4v) is 3.74. The Morgan fingerprint density at radius 3 is 2.46 bits per heavy atom. The summed E-state index contributed by atoms with van der Waals surface area (Å²) in [6.07, 6.45) is 0. The quantitative estimate of drug-likeness (QED) is 0.805. The number of hydrogen-bond acceptors (Lipinski definition) is 3. The van der Waals surface area contributed by atoms with Gasteiger partial charge in [0, 0.05) is 33.2 Å². The second-order valence-electron chi connectivity index (χ2n) is 6.56. The Bertz CT molecular complexity index is 846. The molecule has 1 saturated heterocycles. The van der Waals surface area contributed by atoms with E-state index in [1.54, 1.807) is 0 Å². The Kier molecular flexibility index (Phi) is 4.08. The van der Waals surface area contributed by atoms with Crippen molar-refractivity contribution in [1.29, 1.82) is 0 Å². The number of rotatable bonds is 3. The van der Waals surface area contributed by atoms with E-state index in [1.165, 1.54) is 16.6 Å². The zero-order valence-corrected chi connectivity index (χ0v) is 14.4. The summed E-state index contributed by atoms with van der Waals surface area (Å²) in [5.74, 6) is 1.13. The molecule has 4 heteroatoms. The highest BCUT2D eigenvalue weighted by atomic mass is 15.2. The molecule has 2 heterocycles. The molecule has 0 amide bonds. The molecule has 1 unspecified atom stereocenters. The first-order valence-electron chi connectivity index (χ1n) is 8.67. The van der Waals surface area contributed by atoms with E-state index in [1.807, 2.05) is 0 Å². The van der Waals surface area contributed by atoms with Gasteiger partial charge in [-0.05, 0) is 30.2 Å². The van der Waals surface area contributed by atoms with Gasteiger partial charge >= 0.3 is 0 Å². The maximum Gasteiger partial charge on any atom is 0.131 e. The van der Waals surface area contributed by atoms with Gasteiger partial charge in [0.2, 0.25) is 0 Å². The van der Waals surface area contributed by atoms with Crippen LogP contribution in [0.3, 0.4) is 0 Å². The summed E-state index contributed by atoms with van der Waals surface area (Å²) < 4.78 is 2.26. The summed E-state index contributed by atoms with van der Waals surface area (Å²) in [4.78, 5) is 7.56. The van der Waals surface area contributed by atoms with Crippen molar-refractivity contribution in [3.63, 3.8) is 0 Å². The number of para-hydroxylation sites is 2. The van der Waals surface area contributed by atoms with Gasteiger partial charge in [-0.2, -0.15) is 0 Å². The average Bonchev–Trinajstić information content (AvgIpc) is 2.95. The van der Waals surface area contributed by atoms with Crippen LogP contribution in [0.15, 0.2) is 48.5 Å². The molecule has 2 aromatic carbocycles. The highest BCUT2D eigenvalue weighted by molar-refractivity contribution is 5.76. The van der Waals surface area contributed by atoms with Crippen molar-refractivity contribution in [1.82, 2.24) is 19.8 Å². The van der Waals surface area contributed by atoms with Gasteiger partial charge in [0.1, 0.15) is 5.82 Å². The van der Waals surface area contributed by atoms with Crippen LogP contribution < -0.4 is 5.32 Å². The minimum atomic E-state index is 0.200. The minimum absolute atomic E-state index is 0.200. The summed E-state index contributed by atoms with van der Waals surface area (Å²) >= 11 is 0. The SMILES string of the molecule is Cc1ccccc1C(c1nc2ccccc2n1C)N1CCNCC1. The molecule has 0 radical (unpaired) electrons. The summed E-state index contributed by atoms with van der Waals surface area (Å²) in [7, 11) is 2.14. The lowest BCUT2D eigenvalue weighted by molar-refractivity contribution is 0.190. The first kappa shape index (κ1) is 15.4. The molecular formula is C20H24N4. The topological polar surface area (TPSA) is 33.1 Å². The Morgan fingerprint density at radius 1 is 1.00 bits per heavy atom. The average molecular weight is 320 g/mol. The van der Waals surface area contributed by atoms with Gasteiger partial charge in [0.05, 0.1) is 17.1 Å². The van der Waals surface area contributed by atoms with E-state index in [0.29, 0.717) is 0 Å². The van der Waals surface area contributed by atoms with Gasteiger partial charge in [0.15, 0.2) is 0 Å². The van der Waals surface area contributed by atoms with E-state index in [4.69, 9.17) is 4.98 Å². The number of fused-ring (bicyclic) bond motifs is 1. The molecule has 4 rings (SSSR count). The molecule has 0 spiro atoms. The first-order chi connectivity index (χ1) is 11.8. The number of aromatic nitrogens is 2. The van der Waals surface area contributed by atoms with Crippen LogP contribution in [-0.4, -0.2) is 40.6 Å². The molecule has 1 fully saturated rings. The van der Waals surface area contributed by atoms with E-state index in [9.17, 15) is 0 Å².